The summed E-state index contributed by atoms with van der Waals surface area (Å²) in [6.07, 6.45) is 4.24. The van der Waals surface area contributed by atoms with E-state index in [1.165, 1.54) is 0 Å². The highest BCUT2D eigenvalue weighted by molar-refractivity contribution is 5.85. The Morgan fingerprint density at radius 3 is 2.58 bits per heavy atom. The predicted octanol–water partition coefficient (Wildman–Crippen LogP) is 1.93. The average Bonchev–Trinajstić information content (AvgIpc) is 2.82. The maximum Gasteiger partial charge on any atom is 0.307 e. The summed E-state index contributed by atoms with van der Waals surface area (Å²) >= 11 is 0. The van der Waals surface area contributed by atoms with E-state index in [9.17, 15) is 14.7 Å². The zero-order valence-electron chi connectivity index (χ0n) is 11.4. The molecule has 5 heteroatoms. The number of unbranched alkanes of at least 4 members (excludes halogenated alkanes) is 2. The molecule has 106 valence electrons. The lowest BCUT2D eigenvalue weighted by Crippen LogP contribution is -2.35. The molecule has 2 N–H and O–H groups in total. The Hall–Kier alpha value is -1.57. The number of nitriles is 1. The Balaban J connectivity index is 2.41. The first-order valence-corrected chi connectivity index (χ1v) is 6.97. The summed E-state index contributed by atoms with van der Waals surface area (Å²) in [6.45, 7) is 2.56. The van der Waals surface area contributed by atoms with Gasteiger partial charge in [0.15, 0.2) is 0 Å². The molecule has 1 amide bonds. The second kappa shape index (κ2) is 7.78. The van der Waals surface area contributed by atoms with Crippen LogP contribution in [0.1, 0.15) is 45.4 Å². The van der Waals surface area contributed by atoms with Crippen LogP contribution in [0, 0.1) is 29.1 Å². The number of carbonyl (C=O) groups excluding carboxylic acids is 1. The Kier molecular flexibility index (Phi) is 6.34. The number of hydrogen-bond donors (Lipinski definition) is 2. The van der Waals surface area contributed by atoms with Crippen molar-refractivity contribution >= 4 is 11.9 Å². The molecule has 0 radical (unpaired) electrons. The van der Waals surface area contributed by atoms with Crippen molar-refractivity contribution in [3.8, 4) is 6.07 Å². The molecule has 3 atom stereocenters. The normalized spacial score (nSPS) is 25.8. The minimum Gasteiger partial charge on any atom is -0.481 e. The summed E-state index contributed by atoms with van der Waals surface area (Å²) in [7, 11) is 0. The summed E-state index contributed by atoms with van der Waals surface area (Å²) in [5.74, 6) is -1.58. The summed E-state index contributed by atoms with van der Waals surface area (Å²) in [4.78, 5) is 23.2. The van der Waals surface area contributed by atoms with Crippen LogP contribution in [-0.2, 0) is 9.59 Å². The van der Waals surface area contributed by atoms with E-state index in [2.05, 4.69) is 11.4 Å². The van der Waals surface area contributed by atoms with Crippen molar-refractivity contribution in [3.63, 3.8) is 0 Å². The highest BCUT2D eigenvalue weighted by Gasteiger charge is 2.41. The molecule has 1 aliphatic carbocycles. The van der Waals surface area contributed by atoms with Gasteiger partial charge in [-0.25, -0.2) is 0 Å². The summed E-state index contributed by atoms with van der Waals surface area (Å²) < 4.78 is 0. The number of carboxylic acids is 1. The van der Waals surface area contributed by atoms with Crippen molar-refractivity contribution in [2.24, 2.45) is 17.8 Å². The minimum absolute atomic E-state index is 0.139. The molecule has 0 aliphatic heterocycles. The number of rotatable bonds is 7. The van der Waals surface area contributed by atoms with E-state index in [0.717, 1.165) is 19.3 Å². The van der Waals surface area contributed by atoms with Crippen LogP contribution in [0.15, 0.2) is 0 Å². The summed E-state index contributed by atoms with van der Waals surface area (Å²) in [5.41, 5.74) is 0. The Bertz CT molecular complexity index is 362. The molecule has 1 rings (SSSR count). The average molecular weight is 266 g/mol. The largest absolute Gasteiger partial charge is 0.481 e. The van der Waals surface area contributed by atoms with Gasteiger partial charge in [0.2, 0.25) is 5.91 Å². The van der Waals surface area contributed by atoms with Crippen molar-refractivity contribution < 1.29 is 14.7 Å². The highest BCUT2D eigenvalue weighted by Crippen LogP contribution is 2.38. The van der Waals surface area contributed by atoms with Crippen LogP contribution in [0.25, 0.3) is 0 Å². The fraction of sp³-hybridized carbons (Fsp3) is 0.786. The minimum atomic E-state index is -0.861. The Morgan fingerprint density at radius 2 is 2.00 bits per heavy atom. The van der Waals surface area contributed by atoms with Gasteiger partial charge in [-0.3, -0.25) is 9.59 Å². The van der Waals surface area contributed by atoms with E-state index in [-0.39, 0.29) is 5.91 Å². The topological polar surface area (TPSA) is 90.2 Å². The standard InChI is InChI=1S/C14H22N2O3/c1-2-10-8-11(12(9-10)14(18)19)13(17)16-7-5-3-4-6-15/h10-12H,2-5,7-9H2,1H3,(H,16,17)(H,18,19)/t10?,11-,12+/m0/s1. The van der Waals surface area contributed by atoms with Crippen molar-refractivity contribution in [1.29, 1.82) is 5.26 Å². The molecular formula is C14H22N2O3. The second-order valence-electron chi connectivity index (χ2n) is 5.20. The molecule has 0 aromatic rings. The number of amides is 1. The van der Waals surface area contributed by atoms with E-state index in [1.807, 2.05) is 6.92 Å². The smallest absolute Gasteiger partial charge is 0.307 e. The van der Waals surface area contributed by atoms with Gasteiger partial charge in [-0.05, 0) is 31.6 Å². The van der Waals surface area contributed by atoms with Crippen LogP contribution in [0.5, 0.6) is 0 Å². The fourth-order valence-electron chi connectivity index (χ4n) is 2.71. The van der Waals surface area contributed by atoms with E-state index < -0.39 is 17.8 Å². The molecule has 0 heterocycles. The van der Waals surface area contributed by atoms with Gasteiger partial charge in [-0.2, -0.15) is 5.26 Å². The van der Waals surface area contributed by atoms with Crippen LogP contribution in [-0.4, -0.2) is 23.5 Å². The van der Waals surface area contributed by atoms with Crippen LogP contribution in [0.4, 0.5) is 0 Å². The predicted molar refractivity (Wildman–Crippen MR) is 70.1 cm³/mol. The number of aliphatic carboxylic acids is 1. The lowest BCUT2D eigenvalue weighted by Gasteiger charge is -2.15. The molecule has 1 aliphatic rings. The monoisotopic (exact) mass is 266 g/mol. The molecule has 5 nitrogen and oxygen atoms in total. The summed E-state index contributed by atoms with van der Waals surface area (Å²) in [5, 5.41) is 20.4. The zero-order valence-corrected chi connectivity index (χ0v) is 11.4. The van der Waals surface area contributed by atoms with Crippen LogP contribution in [0.3, 0.4) is 0 Å². The number of carbonyl (C=O) groups is 2. The molecule has 1 fully saturated rings. The third-order valence-electron chi connectivity index (χ3n) is 3.91. The van der Waals surface area contributed by atoms with Crippen molar-refractivity contribution in [2.45, 2.75) is 45.4 Å². The third-order valence-corrected chi connectivity index (χ3v) is 3.91. The first kappa shape index (κ1) is 15.5. The summed E-state index contributed by atoms with van der Waals surface area (Å²) in [6, 6.07) is 2.06. The van der Waals surface area contributed by atoms with Crippen LogP contribution >= 0.6 is 0 Å². The van der Waals surface area contributed by atoms with Crippen LogP contribution < -0.4 is 5.32 Å². The quantitative estimate of drug-likeness (QED) is 0.689. The first-order valence-electron chi connectivity index (χ1n) is 6.97. The molecular weight excluding hydrogens is 244 g/mol. The van der Waals surface area contributed by atoms with E-state index in [4.69, 9.17) is 5.26 Å². The van der Waals surface area contributed by atoms with Crippen molar-refractivity contribution in [2.75, 3.05) is 6.54 Å². The Labute approximate surface area is 114 Å². The van der Waals surface area contributed by atoms with Gasteiger partial charge >= 0.3 is 5.97 Å². The molecule has 19 heavy (non-hydrogen) atoms. The second-order valence-corrected chi connectivity index (χ2v) is 5.20. The number of nitrogens with zero attached hydrogens (tertiary/aromatic N) is 1. The van der Waals surface area contributed by atoms with E-state index >= 15 is 0 Å². The first-order chi connectivity index (χ1) is 9.10. The third kappa shape index (κ3) is 4.55. The van der Waals surface area contributed by atoms with Gasteiger partial charge < -0.3 is 10.4 Å². The van der Waals surface area contributed by atoms with Gasteiger partial charge in [0.25, 0.3) is 0 Å². The molecule has 0 aromatic carbocycles. The number of hydrogen-bond acceptors (Lipinski definition) is 3. The number of carboxylic acid groups (broad SMARTS) is 1. The van der Waals surface area contributed by atoms with Crippen molar-refractivity contribution in [1.82, 2.24) is 5.32 Å². The molecule has 0 bridgehead atoms. The molecule has 1 unspecified atom stereocenters. The zero-order chi connectivity index (χ0) is 14.3. The molecule has 0 spiro atoms. The maximum absolute atomic E-state index is 12.0. The Morgan fingerprint density at radius 1 is 1.32 bits per heavy atom. The van der Waals surface area contributed by atoms with E-state index in [0.29, 0.717) is 31.7 Å². The van der Waals surface area contributed by atoms with Gasteiger partial charge in [0, 0.05) is 13.0 Å². The van der Waals surface area contributed by atoms with Crippen LogP contribution in [0.2, 0.25) is 0 Å². The van der Waals surface area contributed by atoms with Gasteiger partial charge in [0.1, 0.15) is 0 Å². The van der Waals surface area contributed by atoms with Crippen molar-refractivity contribution in [3.05, 3.63) is 0 Å². The maximum atomic E-state index is 12.0. The van der Waals surface area contributed by atoms with Gasteiger partial charge in [-0.15, -0.1) is 0 Å². The number of nitrogens with one attached hydrogen (secondary N) is 1. The molecule has 0 saturated heterocycles. The molecule has 1 saturated carbocycles. The highest BCUT2D eigenvalue weighted by atomic mass is 16.4. The van der Waals surface area contributed by atoms with E-state index in [1.54, 1.807) is 0 Å². The van der Waals surface area contributed by atoms with Gasteiger partial charge in [-0.1, -0.05) is 13.3 Å². The van der Waals surface area contributed by atoms with Gasteiger partial charge in [0.05, 0.1) is 17.9 Å². The lowest BCUT2D eigenvalue weighted by molar-refractivity contribution is -0.146. The SMILES string of the molecule is CCC1C[C@H](C(=O)NCCCCC#N)[C@H](C(=O)O)C1. The molecule has 0 aromatic heterocycles. The fourth-order valence-corrected chi connectivity index (χ4v) is 2.71. The lowest BCUT2D eigenvalue weighted by atomic mass is 9.95.